The predicted molar refractivity (Wildman–Crippen MR) is 114 cm³/mol. The molecule has 0 spiro atoms. The summed E-state index contributed by atoms with van der Waals surface area (Å²) >= 11 is 0. The fraction of sp³-hybridized carbons (Fsp3) is 0.476. The summed E-state index contributed by atoms with van der Waals surface area (Å²) in [5.74, 6) is 1.06. The lowest BCUT2D eigenvalue weighted by Crippen LogP contribution is -2.44. The van der Waals surface area contributed by atoms with Gasteiger partial charge in [0, 0.05) is 62.4 Å². The first-order chi connectivity index (χ1) is 13.1. The number of nitrogens with two attached hydrogens (primary N) is 1. The lowest BCUT2D eigenvalue weighted by atomic mass is 10.2. The Hall–Kier alpha value is -2.15. The molecule has 1 saturated carbocycles. The van der Waals surface area contributed by atoms with E-state index in [1.807, 2.05) is 6.08 Å². The van der Waals surface area contributed by atoms with Gasteiger partial charge in [0.15, 0.2) is 0 Å². The molecule has 1 aliphatic heterocycles. The van der Waals surface area contributed by atoms with Crippen LogP contribution in [0.2, 0.25) is 0 Å². The molecule has 1 aromatic rings. The molecular weight excluding hydrogens is 336 g/mol. The zero-order valence-corrected chi connectivity index (χ0v) is 16.2. The van der Waals surface area contributed by atoms with Gasteiger partial charge in [-0.1, -0.05) is 25.6 Å². The maximum atomic E-state index is 6.25. The van der Waals surface area contributed by atoms with Crippen LogP contribution in [-0.2, 0) is 6.54 Å². The maximum Gasteiger partial charge on any atom is 0.107 e. The average Bonchev–Trinajstić information content (AvgIpc) is 3.38. The van der Waals surface area contributed by atoms with Crippen LogP contribution in [0.15, 0.2) is 53.9 Å². The van der Waals surface area contributed by atoms with E-state index in [0.717, 1.165) is 57.1 Å². The molecule has 1 heterocycles. The molecule has 146 valence electrons. The Labute approximate surface area is 162 Å². The largest absolute Gasteiger partial charge is 0.356 e. The van der Waals surface area contributed by atoms with E-state index >= 15 is 0 Å². The van der Waals surface area contributed by atoms with Gasteiger partial charge >= 0.3 is 0 Å². The summed E-state index contributed by atoms with van der Waals surface area (Å²) in [4.78, 5) is 6.42. The number of piperazine rings is 1. The SMILES string of the molecule is C=CN=C/C=C(\Nc1ccc(CNC2CC2(N)CC)cc1)N1CCNCC1. The van der Waals surface area contributed by atoms with Crippen molar-refractivity contribution in [3.63, 3.8) is 0 Å². The third kappa shape index (κ3) is 5.42. The van der Waals surface area contributed by atoms with Crippen LogP contribution in [0.4, 0.5) is 5.69 Å². The number of aliphatic imine (C=N–C) groups is 1. The number of hydrogen-bond donors (Lipinski definition) is 4. The van der Waals surface area contributed by atoms with E-state index in [1.165, 1.54) is 5.56 Å². The van der Waals surface area contributed by atoms with Gasteiger partial charge in [-0.2, -0.15) is 0 Å². The van der Waals surface area contributed by atoms with E-state index < -0.39 is 0 Å². The molecule has 5 N–H and O–H groups in total. The van der Waals surface area contributed by atoms with Gasteiger partial charge in [0.2, 0.25) is 0 Å². The van der Waals surface area contributed by atoms with Crippen LogP contribution >= 0.6 is 0 Å². The van der Waals surface area contributed by atoms with Gasteiger partial charge in [0.1, 0.15) is 5.82 Å². The summed E-state index contributed by atoms with van der Waals surface area (Å²) in [6.45, 7) is 10.6. The molecule has 2 atom stereocenters. The van der Waals surface area contributed by atoms with Gasteiger partial charge in [-0.05, 0) is 36.6 Å². The molecular formula is C21H32N6. The van der Waals surface area contributed by atoms with E-state index in [-0.39, 0.29) is 5.54 Å². The summed E-state index contributed by atoms with van der Waals surface area (Å²) in [5, 5.41) is 10.5. The highest BCUT2D eigenvalue weighted by Crippen LogP contribution is 2.36. The van der Waals surface area contributed by atoms with Gasteiger partial charge in [-0.25, -0.2) is 0 Å². The van der Waals surface area contributed by atoms with Crippen molar-refractivity contribution in [3.8, 4) is 0 Å². The fourth-order valence-electron chi connectivity index (χ4n) is 3.39. The van der Waals surface area contributed by atoms with Crippen molar-refractivity contribution < 1.29 is 0 Å². The van der Waals surface area contributed by atoms with Crippen molar-refractivity contribution in [2.45, 2.75) is 37.9 Å². The standard InChI is InChI=1S/C21H32N6/c1-3-21(22)15-19(21)25-16-17-5-7-18(8-6-17)26-20(9-10-23-4-2)27-13-11-24-12-14-27/h4-10,19,24-26H,2-3,11-16,22H2,1H3/b20-9+,23-10?. The topological polar surface area (TPSA) is 77.7 Å². The number of nitrogens with one attached hydrogen (secondary N) is 3. The quantitative estimate of drug-likeness (QED) is 0.502. The Morgan fingerprint density at radius 2 is 2.11 bits per heavy atom. The zero-order chi connectivity index (χ0) is 19.1. The first-order valence-corrected chi connectivity index (χ1v) is 9.83. The highest BCUT2D eigenvalue weighted by molar-refractivity contribution is 5.73. The number of nitrogens with zero attached hydrogens (tertiary/aromatic N) is 2. The molecule has 6 nitrogen and oxygen atoms in total. The average molecular weight is 369 g/mol. The Balaban J connectivity index is 1.58. The second-order valence-electron chi connectivity index (χ2n) is 7.32. The molecule has 0 amide bonds. The summed E-state index contributed by atoms with van der Waals surface area (Å²) in [7, 11) is 0. The van der Waals surface area contributed by atoms with Gasteiger partial charge < -0.3 is 26.6 Å². The summed E-state index contributed by atoms with van der Waals surface area (Å²) in [6.07, 6.45) is 7.43. The first kappa shape index (κ1) is 19.6. The van der Waals surface area contributed by atoms with Crippen LogP contribution in [0.25, 0.3) is 0 Å². The molecule has 0 aromatic heterocycles. The highest BCUT2D eigenvalue weighted by atomic mass is 15.3. The van der Waals surface area contributed by atoms with E-state index in [2.05, 4.69) is 63.6 Å². The van der Waals surface area contributed by atoms with Gasteiger partial charge in [-0.3, -0.25) is 4.99 Å². The second kappa shape index (κ2) is 9.17. The Kier molecular flexibility index (Phi) is 6.66. The van der Waals surface area contributed by atoms with Crippen molar-refractivity contribution in [2.24, 2.45) is 10.7 Å². The fourth-order valence-corrected chi connectivity index (χ4v) is 3.39. The number of allylic oxidation sites excluding steroid dienone is 1. The normalized spacial score (nSPS) is 25.6. The number of rotatable bonds is 9. The molecule has 2 aliphatic rings. The van der Waals surface area contributed by atoms with Crippen molar-refractivity contribution in [3.05, 3.63) is 54.5 Å². The molecule has 1 saturated heterocycles. The van der Waals surface area contributed by atoms with Crippen LogP contribution in [0, 0.1) is 0 Å². The van der Waals surface area contributed by atoms with E-state index in [0.29, 0.717) is 6.04 Å². The van der Waals surface area contributed by atoms with Crippen molar-refractivity contribution in [2.75, 3.05) is 31.5 Å². The van der Waals surface area contributed by atoms with Crippen molar-refractivity contribution >= 4 is 11.9 Å². The number of benzene rings is 1. The molecule has 2 fully saturated rings. The molecule has 3 rings (SSSR count). The second-order valence-corrected chi connectivity index (χ2v) is 7.32. The van der Waals surface area contributed by atoms with Crippen LogP contribution in [0.1, 0.15) is 25.3 Å². The molecule has 6 heteroatoms. The monoisotopic (exact) mass is 368 g/mol. The van der Waals surface area contributed by atoms with E-state index in [9.17, 15) is 0 Å². The molecule has 0 bridgehead atoms. The van der Waals surface area contributed by atoms with Crippen LogP contribution in [0.5, 0.6) is 0 Å². The summed E-state index contributed by atoms with van der Waals surface area (Å²) in [5.41, 5.74) is 8.60. The van der Waals surface area contributed by atoms with Gasteiger partial charge in [0.25, 0.3) is 0 Å². The van der Waals surface area contributed by atoms with Crippen LogP contribution < -0.4 is 21.7 Å². The lowest BCUT2D eigenvalue weighted by molar-refractivity contribution is 0.302. The predicted octanol–water partition coefficient (Wildman–Crippen LogP) is 2.03. The third-order valence-corrected chi connectivity index (χ3v) is 5.44. The molecule has 27 heavy (non-hydrogen) atoms. The summed E-state index contributed by atoms with van der Waals surface area (Å²) < 4.78 is 0. The molecule has 2 unspecified atom stereocenters. The number of hydrogen-bond acceptors (Lipinski definition) is 6. The molecule has 1 aliphatic carbocycles. The van der Waals surface area contributed by atoms with Crippen LogP contribution in [-0.4, -0.2) is 48.9 Å². The van der Waals surface area contributed by atoms with E-state index in [1.54, 1.807) is 12.4 Å². The van der Waals surface area contributed by atoms with Gasteiger partial charge in [-0.15, -0.1) is 0 Å². The van der Waals surface area contributed by atoms with Gasteiger partial charge in [0.05, 0.1) is 0 Å². The Bertz CT molecular complexity index is 674. The maximum absolute atomic E-state index is 6.25. The minimum Gasteiger partial charge on any atom is -0.356 e. The van der Waals surface area contributed by atoms with Crippen molar-refractivity contribution in [1.29, 1.82) is 0 Å². The highest BCUT2D eigenvalue weighted by Gasteiger charge is 2.48. The van der Waals surface area contributed by atoms with E-state index in [4.69, 9.17) is 5.73 Å². The summed E-state index contributed by atoms with van der Waals surface area (Å²) in [6, 6.07) is 9.02. The molecule has 0 radical (unpaired) electrons. The number of anilines is 1. The van der Waals surface area contributed by atoms with Crippen LogP contribution in [0.3, 0.4) is 0 Å². The zero-order valence-electron chi connectivity index (χ0n) is 16.2. The minimum absolute atomic E-state index is 0.0114. The lowest BCUT2D eigenvalue weighted by Gasteiger charge is -2.31. The molecule has 1 aromatic carbocycles. The Morgan fingerprint density at radius 3 is 2.74 bits per heavy atom. The van der Waals surface area contributed by atoms with Crippen molar-refractivity contribution in [1.82, 2.24) is 15.5 Å². The smallest absolute Gasteiger partial charge is 0.107 e. The first-order valence-electron chi connectivity index (χ1n) is 9.83. The third-order valence-electron chi connectivity index (χ3n) is 5.44. The minimum atomic E-state index is 0.0114. The Morgan fingerprint density at radius 1 is 1.37 bits per heavy atom.